The maximum Gasteiger partial charge on any atom is 0.340 e. The summed E-state index contributed by atoms with van der Waals surface area (Å²) in [6.45, 7) is 12.2. The van der Waals surface area contributed by atoms with E-state index in [1.54, 1.807) is 24.5 Å². The van der Waals surface area contributed by atoms with Crippen molar-refractivity contribution < 1.29 is 23.9 Å². The quantitative estimate of drug-likeness (QED) is 0.363. The first-order chi connectivity index (χ1) is 20.5. The Hall–Kier alpha value is -4.06. The lowest BCUT2D eigenvalue weighted by Crippen LogP contribution is -2.52. The largest absolute Gasteiger partial charge is 0.456 e. The number of piperazine rings is 1. The number of carbonyl (C=O) groups excluding carboxylic acids is 4. The molecule has 3 amide bonds. The smallest absolute Gasteiger partial charge is 0.340 e. The van der Waals surface area contributed by atoms with Gasteiger partial charge in [0.15, 0.2) is 0 Å². The summed E-state index contributed by atoms with van der Waals surface area (Å²) in [6.07, 6.45) is 6.01. The predicted molar refractivity (Wildman–Crippen MR) is 161 cm³/mol. The van der Waals surface area contributed by atoms with Gasteiger partial charge in [0.2, 0.25) is 11.8 Å². The molecule has 0 saturated carbocycles. The van der Waals surface area contributed by atoms with Crippen molar-refractivity contribution in [2.75, 3.05) is 55.6 Å². The Kier molecular flexibility index (Phi) is 9.24. The number of piperidine rings is 2. The van der Waals surface area contributed by atoms with Crippen LogP contribution in [0.2, 0.25) is 0 Å². The van der Waals surface area contributed by atoms with E-state index in [0.717, 1.165) is 70.2 Å². The van der Waals surface area contributed by atoms with Crippen LogP contribution in [0.5, 0.6) is 0 Å². The molecule has 3 aliphatic heterocycles. The molecule has 3 aliphatic rings. The number of nitrogens with one attached hydrogen (secondary N) is 2. The van der Waals surface area contributed by atoms with Crippen molar-refractivity contribution in [1.82, 2.24) is 25.5 Å². The van der Waals surface area contributed by atoms with Gasteiger partial charge in [-0.3, -0.25) is 24.6 Å². The van der Waals surface area contributed by atoms with E-state index < -0.39 is 23.5 Å². The van der Waals surface area contributed by atoms with Crippen molar-refractivity contribution in [3.63, 3.8) is 0 Å². The molecule has 0 aliphatic carbocycles. The summed E-state index contributed by atoms with van der Waals surface area (Å²) in [5.41, 5.74) is 1.15. The second-order valence-corrected chi connectivity index (χ2v) is 12.5. The molecule has 0 aromatic carbocycles. The highest BCUT2D eigenvalue weighted by atomic mass is 16.6. The Bertz CT molecular complexity index is 1310. The molecule has 1 atom stereocenters. The number of aromatic nitrogens is 2. The van der Waals surface area contributed by atoms with E-state index >= 15 is 0 Å². The summed E-state index contributed by atoms with van der Waals surface area (Å²) in [6, 6.07) is 6.55. The number of anilines is 2. The Morgan fingerprint density at radius 2 is 1.67 bits per heavy atom. The van der Waals surface area contributed by atoms with E-state index in [1.165, 1.54) is 0 Å². The van der Waals surface area contributed by atoms with Gasteiger partial charge in [0.1, 0.15) is 23.2 Å². The fourth-order valence-electron chi connectivity index (χ4n) is 5.70. The Labute approximate surface area is 252 Å². The number of hydrogen-bond donors (Lipinski definition) is 2. The van der Waals surface area contributed by atoms with Crippen molar-refractivity contribution in [3.8, 4) is 0 Å². The predicted octanol–water partition coefficient (Wildman–Crippen LogP) is 2.01. The number of amides is 3. The Morgan fingerprint density at radius 3 is 2.28 bits per heavy atom. The minimum atomic E-state index is -0.721. The lowest BCUT2D eigenvalue weighted by molar-refractivity contribution is -0.134. The molecule has 3 fully saturated rings. The third-order valence-corrected chi connectivity index (χ3v) is 8.10. The van der Waals surface area contributed by atoms with Crippen LogP contribution >= 0.6 is 0 Å². The molecule has 2 aromatic heterocycles. The second kappa shape index (κ2) is 13.1. The molecule has 43 heavy (non-hydrogen) atoms. The van der Waals surface area contributed by atoms with Crippen LogP contribution in [0.25, 0.3) is 0 Å². The average molecular weight is 592 g/mol. The van der Waals surface area contributed by atoms with Gasteiger partial charge in [0.05, 0.1) is 17.4 Å². The summed E-state index contributed by atoms with van der Waals surface area (Å²) in [7, 11) is 0. The molecular weight excluding hydrogens is 550 g/mol. The van der Waals surface area contributed by atoms with E-state index in [1.807, 2.05) is 32.9 Å². The molecule has 0 unspecified atom stereocenters. The zero-order valence-corrected chi connectivity index (χ0v) is 25.2. The topological polar surface area (TPSA) is 137 Å². The van der Waals surface area contributed by atoms with Gasteiger partial charge in [-0.25, -0.2) is 14.8 Å². The molecule has 0 spiro atoms. The number of pyridine rings is 2. The van der Waals surface area contributed by atoms with Gasteiger partial charge in [-0.1, -0.05) is 0 Å². The zero-order valence-electron chi connectivity index (χ0n) is 25.2. The van der Waals surface area contributed by atoms with E-state index in [0.29, 0.717) is 17.9 Å². The van der Waals surface area contributed by atoms with Crippen LogP contribution in [0.1, 0.15) is 67.3 Å². The summed E-state index contributed by atoms with van der Waals surface area (Å²) >= 11 is 0. The first-order valence-electron chi connectivity index (χ1n) is 15.1. The molecular formula is C31H41N7O5. The fraction of sp³-hybridized carbons (Fsp3) is 0.548. The van der Waals surface area contributed by atoms with E-state index in [2.05, 4.69) is 35.3 Å². The standard InChI is InChI=1S/C31H41N7O5/c1-31(2,3)43-30(42)22-4-8-26(33-18-22)38-12-10-21(11-13-38)20-36-14-16-37(17-15-36)23-5-6-24(32-19-23)28(40)34-25-7-9-27(39)35-29(25)41/h4-6,8,18-19,21,25H,7,9-17,20H2,1-3H3,(H,34,40)(H,35,39,41)/t25-/m1/s1. The summed E-state index contributed by atoms with van der Waals surface area (Å²) in [5.74, 6) is -0.0478. The van der Waals surface area contributed by atoms with Crippen molar-refractivity contribution in [1.29, 1.82) is 0 Å². The van der Waals surface area contributed by atoms with Crippen molar-refractivity contribution in [3.05, 3.63) is 47.9 Å². The molecule has 2 aromatic rings. The van der Waals surface area contributed by atoms with E-state index in [9.17, 15) is 19.2 Å². The minimum absolute atomic E-state index is 0.207. The highest BCUT2D eigenvalue weighted by molar-refractivity contribution is 6.03. The molecule has 0 bridgehead atoms. The zero-order chi connectivity index (χ0) is 30.6. The van der Waals surface area contributed by atoms with Gasteiger partial charge in [-0.2, -0.15) is 0 Å². The molecule has 230 valence electrons. The third-order valence-electron chi connectivity index (χ3n) is 8.10. The lowest BCUT2D eigenvalue weighted by atomic mass is 9.96. The number of hydrogen-bond acceptors (Lipinski definition) is 10. The van der Waals surface area contributed by atoms with Gasteiger partial charge in [-0.05, 0) is 70.2 Å². The summed E-state index contributed by atoms with van der Waals surface area (Å²) in [5, 5.41) is 4.91. The molecule has 3 saturated heterocycles. The van der Waals surface area contributed by atoms with Crippen LogP contribution in [-0.2, 0) is 14.3 Å². The minimum Gasteiger partial charge on any atom is -0.456 e. The number of esters is 1. The highest BCUT2D eigenvalue weighted by Crippen LogP contribution is 2.24. The fourth-order valence-corrected chi connectivity index (χ4v) is 5.70. The number of rotatable bonds is 7. The highest BCUT2D eigenvalue weighted by Gasteiger charge is 2.29. The normalized spacial score (nSPS) is 20.5. The van der Waals surface area contributed by atoms with Gasteiger partial charge in [0, 0.05) is 58.4 Å². The Morgan fingerprint density at radius 1 is 0.930 bits per heavy atom. The van der Waals surface area contributed by atoms with Gasteiger partial charge >= 0.3 is 5.97 Å². The monoisotopic (exact) mass is 591 g/mol. The molecule has 12 nitrogen and oxygen atoms in total. The molecule has 2 N–H and O–H groups in total. The SMILES string of the molecule is CC(C)(C)OC(=O)c1ccc(N2CCC(CN3CCN(c4ccc(C(=O)N[C@@H]5CCC(=O)NC5=O)nc4)CC3)CC2)nc1. The number of carbonyl (C=O) groups is 4. The Balaban J connectivity index is 1.03. The van der Waals surface area contributed by atoms with Crippen LogP contribution < -0.4 is 20.4 Å². The molecule has 12 heteroatoms. The van der Waals surface area contributed by atoms with Crippen LogP contribution in [-0.4, -0.2) is 96.0 Å². The molecule has 5 rings (SSSR count). The van der Waals surface area contributed by atoms with Crippen molar-refractivity contribution in [2.24, 2.45) is 5.92 Å². The van der Waals surface area contributed by atoms with E-state index in [-0.39, 0.29) is 24.0 Å². The first kappa shape index (κ1) is 30.4. The van der Waals surface area contributed by atoms with Gasteiger partial charge in [0.25, 0.3) is 5.91 Å². The molecule has 0 radical (unpaired) electrons. The lowest BCUT2D eigenvalue weighted by Gasteiger charge is -2.39. The maximum atomic E-state index is 12.6. The van der Waals surface area contributed by atoms with Crippen molar-refractivity contribution in [2.45, 2.75) is 58.1 Å². The van der Waals surface area contributed by atoms with Crippen molar-refractivity contribution >= 4 is 35.2 Å². The van der Waals surface area contributed by atoms with Crippen LogP contribution in [0, 0.1) is 5.92 Å². The maximum absolute atomic E-state index is 12.6. The van der Waals surface area contributed by atoms with Crippen LogP contribution in [0.15, 0.2) is 36.7 Å². The summed E-state index contributed by atoms with van der Waals surface area (Å²) in [4.78, 5) is 64.0. The number of nitrogens with zero attached hydrogens (tertiary/aromatic N) is 5. The number of imide groups is 1. The van der Waals surface area contributed by atoms with Gasteiger partial charge < -0.3 is 19.9 Å². The number of ether oxygens (including phenoxy) is 1. The van der Waals surface area contributed by atoms with E-state index in [4.69, 9.17) is 4.74 Å². The summed E-state index contributed by atoms with van der Waals surface area (Å²) < 4.78 is 5.43. The van der Waals surface area contributed by atoms with Gasteiger partial charge in [-0.15, -0.1) is 0 Å². The van der Waals surface area contributed by atoms with Crippen LogP contribution in [0.4, 0.5) is 11.5 Å². The average Bonchev–Trinajstić information content (AvgIpc) is 2.99. The third kappa shape index (κ3) is 8.07. The molecule has 5 heterocycles. The first-order valence-corrected chi connectivity index (χ1v) is 15.1. The van der Waals surface area contributed by atoms with Crippen LogP contribution in [0.3, 0.4) is 0 Å². The second-order valence-electron chi connectivity index (χ2n) is 12.5.